The van der Waals surface area contributed by atoms with Crippen LogP contribution in [0, 0.1) is 17.0 Å². The minimum atomic E-state index is -1.24. The van der Waals surface area contributed by atoms with Crippen LogP contribution in [0.3, 0.4) is 0 Å². The predicted octanol–water partition coefficient (Wildman–Crippen LogP) is 1.29. The number of nitrogens with zero attached hydrogens (tertiary/aromatic N) is 1. The van der Waals surface area contributed by atoms with Gasteiger partial charge in [0.05, 0.1) is 18.1 Å². The summed E-state index contributed by atoms with van der Waals surface area (Å²) in [4.78, 5) is 33.2. The van der Waals surface area contributed by atoms with Gasteiger partial charge in [-0.05, 0) is 18.6 Å². The van der Waals surface area contributed by atoms with Crippen molar-refractivity contribution in [2.75, 3.05) is 13.2 Å². The van der Waals surface area contributed by atoms with Gasteiger partial charge in [-0.3, -0.25) is 14.9 Å². The van der Waals surface area contributed by atoms with Gasteiger partial charge < -0.3 is 15.2 Å². The molecule has 1 aromatic rings. The van der Waals surface area contributed by atoms with E-state index in [0.717, 1.165) is 0 Å². The topological polar surface area (TPSA) is 119 Å². The molecule has 8 nitrogen and oxygen atoms in total. The predicted molar refractivity (Wildman–Crippen MR) is 77.7 cm³/mol. The van der Waals surface area contributed by atoms with Crippen molar-refractivity contribution in [2.45, 2.75) is 13.0 Å². The standard InChI is InChI=1S/C14H16N2O6/c1-3-6-22-8-12(14(18)19)15-13(17)11-5-4-10(16(20)21)7-9(11)2/h3-5,7,12H,1,6,8H2,2H3,(H,15,17)(H,18,19). The van der Waals surface area contributed by atoms with E-state index in [4.69, 9.17) is 9.84 Å². The number of carbonyl (C=O) groups excluding carboxylic acids is 1. The maximum atomic E-state index is 12.1. The van der Waals surface area contributed by atoms with Crippen molar-refractivity contribution in [3.8, 4) is 0 Å². The molecule has 0 heterocycles. The number of carboxylic acid groups (broad SMARTS) is 1. The maximum absolute atomic E-state index is 12.1. The Kier molecular flexibility index (Phi) is 6.21. The number of ether oxygens (including phenoxy) is 1. The fraction of sp³-hybridized carbons (Fsp3) is 0.286. The molecule has 0 radical (unpaired) electrons. The summed E-state index contributed by atoms with van der Waals surface area (Å²) >= 11 is 0. The highest BCUT2D eigenvalue weighted by Gasteiger charge is 2.22. The second-order valence-corrected chi connectivity index (χ2v) is 4.45. The second kappa shape index (κ2) is 7.89. The smallest absolute Gasteiger partial charge is 0.328 e. The Morgan fingerprint density at radius 1 is 1.55 bits per heavy atom. The number of non-ortho nitro benzene ring substituents is 1. The minimum Gasteiger partial charge on any atom is -0.480 e. The molecule has 0 aliphatic rings. The Bertz CT molecular complexity index is 599. The highest BCUT2D eigenvalue weighted by Crippen LogP contribution is 2.17. The van der Waals surface area contributed by atoms with Crippen molar-refractivity contribution in [1.82, 2.24) is 5.32 Å². The first-order valence-corrected chi connectivity index (χ1v) is 6.34. The number of hydrogen-bond acceptors (Lipinski definition) is 5. The number of carbonyl (C=O) groups is 2. The molecule has 0 aromatic heterocycles. The number of carboxylic acids is 1. The van der Waals surface area contributed by atoms with Gasteiger partial charge in [0.2, 0.25) is 0 Å². The van der Waals surface area contributed by atoms with Crippen LogP contribution in [0.4, 0.5) is 5.69 Å². The fourth-order valence-electron chi connectivity index (χ4n) is 1.70. The molecule has 0 spiro atoms. The Balaban J connectivity index is 2.83. The molecule has 1 amide bonds. The number of nitro groups is 1. The largest absolute Gasteiger partial charge is 0.480 e. The van der Waals surface area contributed by atoms with Crippen LogP contribution in [0.15, 0.2) is 30.9 Å². The number of rotatable bonds is 8. The van der Waals surface area contributed by atoms with E-state index in [1.165, 1.54) is 31.2 Å². The summed E-state index contributed by atoms with van der Waals surface area (Å²) in [5.41, 5.74) is 0.404. The highest BCUT2D eigenvalue weighted by molar-refractivity contribution is 5.98. The number of amides is 1. The number of aryl methyl sites for hydroxylation is 1. The third-order valence-electron chi connectivity index (χ3n) is 2.79. The molecular weight excluding hydrogens is 292 g/mol. The third kappa shape index (κ3) is 4.67. The van der Waals surface area contributed by atoms with E-state index >= 15 is 0 Å². The second-order valence-electron chi connectivity index (χ2n) is 4.45. The molecule has 1 aromatic carbocycles. The van der Waals surface area contributed by atoms with Crippen LogP contribution in [0.2, 0.25) is 0 Å². The fourth-order valence-corrected chi connectivity index (χ4v) is 1.70. The molecule has 0 saturated carbocycles. The Morgan fingerprint density at radius 2 is 2.23 bits per heavy atom. The van der Waals surface area contributed by atoms with Crippen LogP contribution < -0.4 is 5.32 Å². The number of aliphatic carboxylic acids is 1. The number of nitro benzene ring substituents is 1. The molecule has 0 aliphatic heterocycles. The van der Waals surface area contributed by atoms with E-state index in [2.05, 4.69) is 11.9 Å². The zero-order valence-corrected chi connectivity index (χ0v) is 11.9. The molecule has 118 valence electrons. The van der Waals surface area contributed by atoms with Crippen LogP contribution in [-0.2, 0) is 9.53 Å². The summed E-state index contributed by atoms with van der Waals surface area (Å²) in [5.74, 6) is -1.88. The molecule has 1 unspecified atom stereocenters. The van der Waals surface area contributed by atoms with Crippen molar-refractivity contribution < 1.29 is 24.4 Å². The third-order valence-corrected chi connectivity index (χ3v) is 2.79. The number of nitrogens with one attached hydrogen (secondary N) is 1. The molecule has 1 atom stereocenters. The van der Waals surface area contributed by atoms with Crippen molar-refractivity contribution >= 4 is 17.6 Å². The molecule has 2 N–H and O–H groups in total. The zero-order chi connectivity index (χ0) is 16.7. The van der Waals surface area contributed by atoms with Crippen molar-refractivity contribution in [3.63, 3.8) is 0 Å². The van der Waals surface area contributed by atoms with Gasteiger partial charge >= 0.3 is 5.97 Å². The van der Waals surface area contributed by atoms with Crippen LogP contribution in [-0.4, -0.2) is 41.2 Å². The van der Waals surface area contributed by atoms with Gasteiger partial charge in [0.15, 0.2) is 6.04 Å². The summed E-state index contributed by atoms with van der Waals surface area (Å²) in [6.07, 6.45) is 1.46. The van der Waals surface area contributed by atoms with Gasteiger partial charge in [-0.2, -0.15) is 0 Å². The summed E-state index contributed by atoms with van der Waals surface area (Å²) in [5, 5.41) is 22.0. The van der Waals surface area contributed by atoms with Gasteiger partial charge in [-0.1, -0.05) is 6.08 Å². The summed E-state index contributed by atoms with van der Waals surface area (Å²) in [6, 6.07) is 2.50. The molecule has 0 bridgehead atoms. The zero-order valence-electron chi connectivity index (χ0n) is 11.9. The SMILES string of the molecule is C=CCOCC(NC(=O)c1ccc([N+](=O)[O-])cc1C)C(=O)O. The van der Waals surface area contributed by atoms with E-state index in [1.54, 1.807) is 0 Å². The van der Waals surface area contributed by atoms with Crippen LogP contribution in [0.5, 0.6) is 0 Å². The van der Waals surface area contributed by atoms with Gasteiger partial charge in [0, 0.05) is 17.7 Å². The van der Waals surface area contributed by atoms with Crippen LogP contribution >= 0.6 is 0 Å². The quantitative estimate of drug-likeness (QED) is 0.323. The van der Waals surface area contributed by atoms with Gasteiger partial charge in [0.25, 0.3) is 11.6 Å². The molecule has 22 heavy (non-hydrogen) atoms. The Morgan fingerprint density at radius 3 is 2.73 bits per heavy atom. The average Bonchev–Trinajstić information content (AvgIpc) is 2.45. The summed E-state index contributed by atoms with van der Waals surface area (Å²) < 4.78 is 5.02. The first kappa shape index (κ1) is 17.3. The highest BCUT2D eigenvalue weighted by atomic mass is 16.6. The number of benzene rings is 1. The Hall–Kier alpha value is -2.74. The van der Waals surface area contributed by atoms with Crippen LogP contribution in [0.1, 0.15) is 15.9 Å². The lowest BCUT2D eigenvalue weighted by Gasteiger charge is -2.15. The average molecular weight is 308 g/mol. The van der Waals surface area contributed by atoms with E-state index < -0.39 is 22.8 Å². The van der Waals surface area contributed by atoms with Crippen molar-refractivity contribution in [2.24, 2.45) is 0 Å². The van der Waals surface area contributed by atoms with Gasteiger partial charge in [-0.15, -0.1) is 6.58 Å². The van der Waals surface area contributed by atoms with Gasteiger partial charge in [-0.25, -0.2) is 4.79 Å². The van der Waals surface area contributed by atoms with E-state index in [0.29, 0.717) is 5.56 Å². The minimum absolute atomic E-state index is 0.141. The summed E-state index contributed by atoms with van der Waals surface area (Å²) in [6.45, 7) is 4.92. The lowest BCUT2D eigenvalue weighted by molar-refractivity contribution is -0.384. The lowest BCUT2D eigenvalue weighted by atomic mass is 10.1. The molecule has 1 rings (SSSR count). The first-order valence-electron chi connectivity index (χ1n) is 6.34. The first-order chi connectivity index (χ1) is 10.4. The molecule has 0 fully saturated rings. The molecule has 0 saturated heterocycles. The van der Waals surface area contributed by atoms with Gasteiger partial charge in [0.1, 0.15) is 0 Å². The molecular formula is C14H16N2O6. The van der Waals surface area contributed by atoms with Crippen LogP contribution in [0.25, 0.3) is 0 Å². The normalized spacial score (nSPS) is 11.5. The monoisotopic (exact) mass is 308 g/mol. The summed E-state index contributed by atoms with van der Waals surface area (Å²) in [7, 11) is 0. The Labute approximate surface area is 126 Å². The molecule has 0 aliphatic carbocycles. The molecule has 8 heteroatoms. The van der Waals surface area contributed by atoms with E-state index in [-0.39, 0.29) is 24.5 Å². The lowest BCUT2D eigenvalue weighted by Crippen LogP contribution is -2.44. The van der Waals surface area contributed by atoms with E-state index in [9.17, 15) is 19.7 Å². The maximum Gasteiger partial charge on any atom is 0.328 e. The van der Waals surface area contributed by atoms with Crippen molar-refractivity contribution in [3.05, 3.63) is 52.1 Å². The van der Waals surface area contributed by atoms with E-state index in [1.807, 2.05) is 0 Å². The van der Waals surface area contributed by atoms with Crippen molar-refractivity contribution in [1.29, 1.82) is 0 Å². The number of hydrogen-bond donors (Lipinski definition) is 2.